The molecule has 106 valence electrons. The lowest BCUT2D eigenvalue weighted by Crippen LogP contribution is -2.45. The number of carbonyl (C=O) groups excluding carboxylic acids is 1. The number of nitrogens with one attached hydrogen (secondary N) is 1. The predicted octanol–water partition coefficient (Wildman–Crippen LogP) is 1.47. The van der Waals surface area contributed by atoms with Gasteiger partial charge in [0.25, 0.3) is 0 Å². The van der Waals surface area contributed by atoms with Crippen LogP contribution in [0.1, 0.15) is 32.3 Å². The fourth-order valence-electron chi connectivity index (χ4n) is 1.96. The standard InChI is InChI=1S/C14H23N3O2/c1-4-14(5-2,10-15)13(18)17-9-11-6-7-12(19-3)16-8-11/h6-8H,4-5,9-10,15H2,1-3H3,(H,17,18). The second kappa shape index (κ2) is 7.09. The number of hydrogen-bond donors (Lipinski definition) is 2. The molecule has 1 heterocycles. The largest absolute Gasteiger partial charge is 0.481 e. The lowest BCUT2D eigenvalue weighted by molar-refractivity contribution is -0.131. The summed E-state index contributed by atoms with van der Waals surface area (Å²) >= 11 is 0. The third-order valence-electron chi connectivity index (χ3n) is 3.69. The second-order valence-electron chi connectivity index (χ2n) is 4.58. The zero-order valence-corrected chi connectivity index (χ0v) is 11.9. The minimum absolute atomic E-state index is 0.0100. The van der Waals surface area contributed by atoms with Crippen molar-refractivity contribution >= 4 is 5.91 Å². The van der Waals surface area contributed by atoms with E-state index in [0.29, 0.717) is 19.0 Å². The Kier molecular flexibility index (Phi) is 5.76. The van der Waals surface area contributed by atoms with E-state index in [1.54, 1.807) is 19.4 Å². The van der Waals surface area contributed by atoms with Crippen LogP contribution in [-0.2, 0) is 11.3 Å². The van der Waals surface area contributed by atoms with Gasteiger partial charge in [-0.15, -0.1) is 0 Å². The molecule has 19 heavy (non-hydrogen) atoms. The van der Waals surface area contributed by atoms with Gasteiger partial charge in [0.05, 0.1) is 12.5 Å². The summed E-state index contributed by atoms with van der Waals surface area (Å²) in [7, 11) is 1.57. The number of methoxy groups -OCH3 is 1. The molecule has 0 aliphatic rings. The van der Waals surface area contributed by atoms with Crippen LogP contribution in [0.4, 0.5) is 0 Å². The maximum atomic E-state index is 12.2. The molecule has 1 aromatic heterocycles. The van der Waals surface area contributed by atoms with E-state index in [4.69, 9.17) is 10.5 Å². The van der Waals surface area contributed by atoms with Crippen LogP contribution in [0.3, 0.4) is 0 Å². The topological polar surface area (TPSA) is 77.2 Å². The number of carbonyl (C=O) groups is 1. The minimum Gasteiger partial charge on any atom is -0.481 e. The molecule has 5 heteroatoms. The molecule has 0 fully saturated rings. The third kappa shape index (κ3) is 3.67. The summed E-state index contributed by atoms with van der Waals surface area (Å²) in [4.78, 5) is 16.3. The highest BCUT2D eigenvalue weighted by atomic mass is 16.5. The van der Waals surface area contributed by atoms with E-state index in [1.807, 2.05) is 19.9 Å². The SMILES string of the molecule is CCC(CC)(CN)C(=O)NCc1ccc(OC)nc1. The highest BCUT2D eigenvalue weighted by Crippen LogP contribution is 2.25. The van der Waals surface area contributed by atoms with E-state index in [-0.39, 0.29) is 5.91 Å². The Morgan fingerprint density at radius 3 is 2.53 bits per heavy atom. The summed E-state index contributed by atoms with van der Waals surface area (Å²) in [6.45, 7) is 4.81. The molecule has 1 rings (SSSR count). The third-order valence-corrected chi connectivity index (χ3v) is 3.69. The van der Waals surface area contributed by atoms with Crippen molar-refractivity contribution in [2.45, 2.75) is 33.2 Å². The molecule has 5 nitrogen and oxygen atoms in total. The van der Waals surface area contributed by atoms with Gasteiger partial charge in [-0.1, -0.05) is 19.9 Å². The molecule has 0 atom stereocenters. The number of amides is 1. The van der Waals surface area contributed by atoms with Crippen molar-refractivity contribution in [2.24, 2.45) is 11.1 Å². The summed E-state index contributed by atoms with van der Waals surface area (Å²) in [6.07, 6.45) is 3.18. The number of rotatable bonds is 7. The van der Waals surface area contributed by atoms with Crippen molar-refractivity contribution in [1.82, 2.24) is 10.3 Å². The molecule has 0 aromatic carbocycles. The molecule has 0 saturated carbocycles. The minimum atomic E-state index is -0.458. The summed E-state index contributed by atoms with van der Waals surface area (Å²) in [6, 6.07) is 3.66. The maximum absolute atomic E-state index is 12.2. The number of aromatic nitrogens is 1. The van der Waals surface area contributed by atoms with Crippen molar-refractivity contribution in [3.8, 4) is 5.88 Å². The van der Waals surface area contributed by atoms with E-state index >= 15 is 0 Å². The number of nitrogens with zero attached hydrogens (tertiary/aromatic N) is 1. The van der Waals surface area contributed by atoms with Gasteiger partial charge in [-0.2, -0.15) is 0 Å². The van der Waals surface area contributed by atoms with Gasteiger partial charge in [-0.05, 0) is 18.4 Å². The molecule has 0 saturated heterocycles. The molecule has 0 spiro atoms. The van der Waals surface area contributed by atoms with E-state index in [9.17, 15) is 4.79 Å². The lowest BCUT2D eigenvalue weighted by Gasteiger charge is -2.28. The van der Waals surface area contributed by atoms with Crippen molar-refractivity contribution in [1.29, 1.82) is 0 Å². The zero-order valence-electron chi connectivity index (χ0n) is 11.9. The maximum Gasteiger partial charge on any atom is 0.227 e. The first-order valence-corrected chi connectivity index (χ1v) is 6.59. The lowest BCUT2D eigenvalue weighted by atomic mass is 9.81. The highest BCUT2D eigenvalue weighted by molar-refractivity contribution is 5.82. The Labute approximate surface area is 114 Å². The van der Waals surface area contributed by atoms with Crippen LogP contribution >= 0.6 is 0 Å². The van der Waals surface area contributed by atoms with E-state index in [2.05, 4.69) is 10.3 Å². The summed E-state index contributed by atoms with van der Waals surface area (Å²) in [5.41, 5.74) is 6.23. The van der Waals surface area contributed by atoms with Gasteiger partial charge in [0.1, 0.15) is 0 Å². The Morgan fingerprint density at radius 2 is 2.11 bits per heavy atom. The van der Waals surface area contributed by atoms with Gasteiger partial charge in [-0.25, -0.2) is 4.98 Å². The van der Waals surface area contributed by atoms with Crippen LogP contribution in [-0.4, -0.2) is 24.5 Å². The summed E-state index contributed by atoms with van der Waals surface area (Å²) in [5.74, 6) is 0.573. The van der Waals surface area contributed by atoms with E-state index < -0.39 is 5.41 Å². The van der Waals surface area contributed by atoms with E-state index in [0.717, 1.165) is 18.4 Å². The summed E-state index contributed by atoms with van der Waals surface area (Å²) < 4.78 is 4.99. The monoisotopic (exact) mass is 265 g/mol. The average Bonchev–Trinajstić information content (AvgIpc) is 2.48. The smallest absolute Gasteiger partial charge is 0.227 e. The van der Waals surface area contributed by atoms with Gasteiger partial charge < -0.3 is 15.8 Å². The van der Waals surface area contributed by atoms with Crippen LogP contribution < -0.4 is 15.8 Å². The van der Waals surface area contributed by atoms with Gasteiger partial charge >= 0.3 is 0 Å². The Bertz CT molecular complexity index is 391. The average molecular weight is 265 g/mol. The Balaban J connectivity index is 2.62. The van der Waals surface area contributed by atoms with Gasteiger partial charge in [0, 0.05) is 25.4 Å². The van der Waals surface area contributed by atoms with E-state index in [1.165, 1.54) is 0 Å². The fraction of sp³-hybridized carbons (Fsp3) is 0.571. The first kappa shape index (κ1) is 15.4. The molecular formula is C14H23N3O2. The summed E-state index contributed by atoms with van der Waals surface area (Å²) in [5, 5.41) is 2.93. The van der Waals surface area contributed by atoms with Gasteiger partial charge in [0.15, 0.2) is 0 Å². The van der Waals surface area contributed by atoms with Crippen molar-refractivity contribution < 1.29 is 9.53 Å². The highest BCUT2D eigenvalue weighted by Gasteiger charge is 2.32. The van der Waals surface area contributed by atoms with Crippen molar-refractivity contribution in [3.05, 3.63) is 23.9 Å². The molecule has 0 aliphatic carbocycles. The predicted molar refractivity (Wildman–Crippen MR) is 74.7 cm³/mol. The molecule has 3 N–H and O–H groups in total. The van der Waals surface area contributed by atoms with Crippen LogP contribution in [0.2, 0.25) is 0 Å². The molecule has 0 radical (unpaired) electrons. The first-order valence-electron chi connectivity index (χ1n) is 6.59. The van der Waals surface area contributed by atoms with Crippen molar-refractivity contribution in [3.63, 3.8) is 0 Å². The number of pyridine rings is 1. The van der Waals surface area contributed by atoms with Crippen LogP contribution in [0.5, 0.6) is 5.88 Å². The van der Waals surface area contributed by atoms with Gasteiger partial charge in [0.2, 0.25) is 11.8 Å². The first-order chi connectivity index (χ1) is 9.11. The molecule has 0 unspecified atom stereocenters. The molecule has 0 aliphatic heterocycles. The normalized spacial score (nSPS) is 11.2. The second-order valence-corrected chi connectivity index (χ2v) is 4.58. The van der Waals surface area contributed by atoms with Crippen LogP contribution in [0.15, 0.2) is 18.3 Å². The Hall–Kier alpha value is -1.62. The number of ether oxygens (including phenoxy) is 1. The molecular weight excluding hydrogens is 242 g/mol. The van der Waals surface area contributed by atoms with Gasteiger partial charge in [-0.3, -0.25) is 4.79 Å². The molecule has 1 aromatic rings. The fourth-order valence-corrected chi connectivity index (χ4v) is 1.96. The Morgan fingerprint density at radius 1 is 1.42 bits per heavy atom. The molecule has 1 amide bonds. The quantitative estimate of drug-likeness (QED) is 0.782. The number of hydrogen-bond acceptors (Lipinski definition) is 4. The van der Waals surface area contributed by atoms with Crippen LogP contribution in [0, 0.1) is 5.41 Å². The van der Waals surface area contributed by atoms with Crippen LogP contribution in [0.25, 0.3) is 0 Å². The molecule has 0 bridgehead atoms. The van der Waals surface area contributed by atoms with Crippen molar-refractivity contribution in [2.75, 3.05) is 13.7 Å². The zero-order chi connectivity index (χ0) is 14.3. The number of nitrogens with two attached hydrogens (primary N) is 1.